The number of ether oxygens (including phenoxy) is 2. The van der Waals surface area contributed by atoms with Crippen LogP contribution in [-0.4, -0.2) is 44.5 Å². The van der Waals surface area contributed by atoms with Crippen LogP contribution in [0, 0.1) is 0 Å². The molecule has 0 saturated carbocycles. The molecule has 0 heterocycles. The average Bonchev–Trinajstić information content (AvgIpc) is 2.76. The highest BCUT2D eigenvalue weighted by Gasteiger charge is 2.21. The molecule has 7 nitrogen and oxygen atoms in total. The summed E-state index contributed by atoms with van der Waals surface area (Å²) in [5, 5.41) is 0. The zero-order valence-electron chi connectivity index (χ0n) is 18.5. The molecule has 174 valence electrons. The normalized spacial score (nSPS) is 11.1. The first-order valence-corrected chi connectivity index (χ1v) is 12.7. The zero-order valence-corrected chi connectivity index (χ0v) is 19.4. The summed E-state index contributed by atoms with van der Waals surface area (Å²) in [5.74, 6) is -0.768. The summed E-state index contributed by atoms with van der Waals surface area (Å²) in [6.45, 7) is 10.2. The van der Waals surface area contributed by atoms with Gasteiger partial charge in [0.1, 0.15) is 0 Å². The molecular weight excluding hydrogens is 407 g/mol. The highest BCUT2D eigenvalue weighted by molar-refractivity contribution is 7.53. The van der Waals surface area contributed by atoms with Crippen molar-refractivity contribution in [3.63, 3.8) is 0 Å². The summed E-state index contributed by atoms with van der Waals surface area (Å²) < 4.78 is 33.5. The number of hydrogen-bond acceptors (Lipinski definition) is 7. The minimum Gasteiger partial charge on any atom is -0.463 e. The van der Waals surface area contributed by atoms with Crippen molar-refractivity contribution in [2.75, 3.05) is 32.6 Å². The molecule has 0 aromatic rings. The van der Waals surface area contributed by atoms with E-state index >= 15 is 0 Å². The van der Waals surface area contributed by atoms with Crippen LogP contribution in [0.25, 0.3) is 0 Å². The molecule has 0 aromatic carbocycles. The zero-order chi connectivity index (χ0) is 22.5. The Morgan fingerprint density at radius 2 is 1.00 bits per heavy atom. The molecule has 0 saturated heterocycles. The van der Waals surface area contributed by atoms with Crippen LogP contribution in [-0.2, 0) is 32.7 Å². The van der Waals surface area contributed by atoms with Gasteiger partial charge >= 0.3 is 19.5 Å². The van der Waals surface area contributed by atoms with Gasteiger partial charge in [-0.1, -0.05) is 58.6 Å². The maximum absolute atomic E-state index is 12.6. The van der Waals surface area contributed by atoms with Crippen molar-refractivity contribution in [2.24, 2.45) is 0 Å². The molecule has 8 heteroatoms. The molecule has 0 spiro atoms. The predicted molar refractivity (Wildman–Crippen MR) is 119 cm³/mol. The largest absolute Gasteiger partial charge is 0.463 e. The van der Waals surface area contributed by atoms with E-state index in [1.165, 1.54) is 0 Å². The molecule has 0 aromatic heterocycles. The van der Waals surface area contributed by atoms with E-state index in [0.717, 1.165) is 76.4 Å². The Morgan fingerprint density at radius 3 is 1.33 bits per heavy atom. The van der Waals surface area contributed by atoms with Crippen molar-refractivity contribution in [3.05, 3.63) is 25.3 Å². The first-order valence-electron chi connectivity index (χ1n) is 10.9. The summed E-state index contributed by atoms with van der Waals surface area (Å²) in [6, 6.07) is 0. The molecule has 0 fully saturated rings. The van der Waals surface area contributed by atoms with Gasteiger partial charge in [-0.2, -0.15) is 0 Å². The lowest BCUT2D eigenvalue weighted by molar-refractivity contribution is -0.138. The van der Waals surface area contributed by atoms with E-state index < -0.39 is 7.60 Å². The molecule has 0 aliphatic heterocycles. The van der Waals surface area contributed by atoms with E-state index in [0.29, 0.717) is 32.6 Å². The summed E-state index contributed by atoms with van der Waals surface area (Å²) >= 11 is 0. The van der Waals surface area contributed by atoms with Gasteiger partial charge in [-0.15, -0.1) is 0 Å². The van der Waals surface area contributed by atoms with Crippen LogP contribution in [0.3, 0.4) is 0 Å². The summed E-state index contributed by atoms with van der Waals surface area (Å²) in [6.07, 6.45) is 11.9. The van der Waals surface area contributed by atoms with Gasteiger partial charge in [-0.3, -0.25) is 4.57 Å². The fourth-order valence-corrected chi connectivity index (χ4v) is 3.81. The van der Waals surface area contributed by atoms with Gasteiger partial charge in [0, 0.05) is 18.3 Å². The fourth-order valence-electron chi connectivity index (χ4n) is 2.56. The maximum Gasteiger partial charge on any atom is 0.330 e. The monoisotopic (exact) mass is 446 g/mol. The van der Waals surface area contributed by atoms with Crippen molar-refractivity contribution in [1.29, 1.82) is 0 Å². The van der Waals surface area contributed by atoms with Crippen molar-refractivity contribution in [2.45, 2.75) is 71.1 Å². The Labute approximate surface area is 181 Å². The molecule has 0 unspecified atom stereocenters. The van der Waals surface area contributed by atoms with Gasteiger partial charge < -0.3 is 18.5 Å². The molecule has 0 aliphatic rings. The van der Waals surface area contributed by atoms with E-state index in [2.05, 4.69) is 13.2 Å². The number of esters is 2. The third-order valence-corrected chi connectivity index (χ3v) is 6.29. The van der Waals surface area contributed by atoms with Crippen LogP contribution < -0.4 is 0 Å². The van der Waals surface area contributed by atoms with E-state index in [9.17, 15) is 14.2 Å². The second-order valence-corrected chi connectivity index (χ2v) is 9.24. The van der Waals surface area contributed by atoms with Crippen LogP contribution in [0.1, 0.15) is 71.1 Å². The third-order valence-electron chi connectivity index (χ3n) is 4.36. The summed E-state index contributed by atoms with van der Waals surface area (Å²) in [4.78, 5) is 21.8. The molecule has 0 N–H and O–H groups in total. The number of hydrogen-bond donors (Lipinski definition) is 0. The van der Waals surface area contributed by atoms with E-state index in [1.807, 2.05) is 6.92 Å². The highest BCUT2D eigenvalue weighted by atomic mass is 31.2. The number of carbonyl (C=O) groups is 2. The molecule has 0 amide bonds. The topological polar surface area (TPSA) is 88.1 Å². The van der Waals surface area contributed by atoms with Gasteiger partial charge in [0.25, 0.3) is 0 Å². The van der Waals surface area contributed by atoms with Crippen LogP contribution in [0.2, 0.25) is 0 Å². The first-order chi connectivity index (χ1) is 14.5. The maximum atomic E-state index is 12.6. The van der Waals surface area contributed by atoms with Crippen molar-refractivity contribution >= 4 is 19.5 Å². The second-order valence-electron chi connectivity index (χ2n) is 6.87. The molecule has 0 bridgehead atoms. The fraction of sp³-hybridized carbons (Fsp3) is 0.727. The average molecular weight is 447 g/mol. The second kappa shape index (κ2) is 19.5. The number of carbonyl (C=O) groups excluding carboxylic acids is 2. The highest BCUT2D eigenvalue weighted by Crippen LogP contribution is 2.47. The number of unbranched alkanes of at least 4 members (excludes halogenated alkanes) is 8. The SMILES string of the molecule is C=CC(=O)OCCCCCCCOP(=O)(CC)OCCCCCCCOC(=O)C=C. The molecule has 30 heavy (non-hydrogen) atoms. The summed E-state index contributed by atoms with van der Waals surface area (Å²) in [5.41, 5.74) is 0. The Balaban J connectivity index is 3.58. The van der Waals surface area contributed by atoms with E-state index in [-0.39, 0.29) is 11.9 Å². The van der Waals surface area contributed by atoms with Crippen LogP contribution in [0.4, 0.5) is 0 Å². The lowest BCUT2D eigenvalue weighted by atomic mass is 10.1. The van der Waals surface area contributed by atoms with Crippen LogP contribution >= 0.6 is 7.60 Å². The van der Waals surface area contributed by atoms with Crippen LogP contribution in [0.15, 0.2) is 25.3 Å². The molecule has 0 aliphatic carbocycles. The molecule has 0 rings (SSSR count). The van der Waals surface area contributed by atoms with E-state index in [4.69, 9.17) is 18.5 Å². The quantitative estimate of drug-likeness (QED) is 0.0982. The third kappa shape index (κ3) is 17.4. The van der Waals surface area contributed by atoms with Gasteiger partial charge in [0.05, 0.1) is 26.4 Å². The predicted octanol–water partition coefficient (Wildman–Crippen LogP) is 5.59. The molecule has 0 radical (unpaired) electrons. The minimum absolute atomic E-state index is 0.371. The minimum atomic E-state index is -3.00. The van der Waals surface area contributed by atoms with Gasteiger partial charge in [-0.05, 0) is 25.7 Å². The van der Waals surface area contributed by atoms with Crippen molar-refractivity contribution in [1.82, 2.24) is 0 Å². The molecule has 0 atom stereocenters. The van der Waals surface area contributed by atoms with Gasteiger partial charge in [0.15, 0.2) is 0 Å². The summed E-state index contributed by atoms with van der Waals surface area (Å²) in [7, 11) is -3.00. The Hall–Kier alpha value is -1.43. The molecular formula is C22H39O7P. The lowest BCUT2D eigenvalue weighted by Crippen LogP contribution is -2.03. The lowest BCUT2D eigenvalue weighted by Gasteiger charge is -2.17. The Bertz CT molecular complexity index is 492. The Kier molecular flexibility index (Phi) is 18.6. The van der Waals surface area contributed by atoms with Gasteiger partial charge in [-0.25, -0.2) is 9.59 Å². The van der Waals surface area contributed by atoms with Gasteiger partial charge in [0.2, 0.25) is 0 Å². The van der Waals surface area contributed by atoms with Crippen molar-refractivity contribution < 1.29 is 32.7 Å². The standard InChI is InChI=1S/C22H39O7P/c1-4-21(23)26-17-13-9-7-11-15-19-28-30(25,6-3)29-20-16-12-8-10-14-18-27-22(24)5-2/h4-5H,1-2,6-20H2,3H3. The Morgan fingerprint density at radius 1 is 0.667 bits per heavy atom. The first kappa shape index (κ1) is 28.6. The van der Waals surface area contributed by atoms with E-state index in [1.54, 1.807) is 0 Å². The number of rotatable bonds is 21. The van der Waals surface area contributed by atoms with Crippen LogP contribution in [0.5, 0.6) is 0 Å². The van der Waals surface area contributed by atoms with Crippen molar-refractivity contribution in [3.8, 4) is 0 Å². The smallest absolute Gasteiger partial charge is 0.330 e.